The van der Waals surface area contributed by atoms with E-state index in [0.29, 0.717) is 5.25 Å². The van der Waals surface area contributed by atoms with Crippen LogP contribution in [0.4, 0.5) is 0 Å². The van der Waals surface area contributed by atoms with Crippen molar-refractivity contribution in [3.05, 3.63) is 0 Å². The predicted molar refractivity (Wildman–Crippen MR) is 71.9 cm³/mol. The minimum Gasteiger partial charge on any atom is -0.468 e. The second-order valence-electron chi connectivity index (χ2n) is 4.53. The number of carbonyl (C=O) groups is 3. The number of hydrogen-bond acceptors (Lipinski definition) is 6. The lowest BCUT2D eigenvalue weighted by Gasteiger charge is -2.24. The Hall–Kier alpha value is -1.04. The Bertz CT molecular complexity index is 336. The van der Waals surface area contributed by atoms with Crippen LogP contribution in [0.3, 0.4) is 0 Å². The van der Waals surface area contributed by atoms with Gasteiger partial charge in [0, 0.05) is 11.7 Å². The Morgan fingerprint density at radius 2 is 1.74 bits per heavy atom. The Kier molecular flexibility index (Phi) is 6.91. The molecular formula is C13H20O5S. The van der Waals surface area contributed by atoms with Gasteiger partial charge in [-0.3, -0.25) is 9.59 Å². The molecule has 1 aliphatic carbocycles. The molecule has 0 saturated heterocycles. The van der Waals surface area contributed by atoms with Crippen LogP contribution in [0.2, 0.25) is 0 Å². The Balaban J connectivity index is 2.58. The van der Waals surface area contributed by atoms with E-state index in [0.717, 1.165) is 32.8 Å². The first-order valence-corrected chi connectivity index (χ1v) is 7.37. The van der Waals surface area contributed by atoms with Crippen LogP contribution in [0.1, 0.15) is 38.5 Å². The summed E-state index contributed by atoms with van der Waals surface area (Å²) in [7, 11) is 2.45. The molecule has 0 aromatic heterocycles. The summed E-state index contributed by atoms with van der Waals surface area (Å²) in [5, 5.41) is -0.247. The number of ketones is 1. The third kappa shape index (κ3) is 5.22. The van der Waals surface area contributed by atoms with Crippen LogP contribution < -0.4 is 0 Å². The fourth-order valence-corrected chi connectivity index (χ4v) is 3.64. The Morgan fingerprint density at radius 3 is 2.26 bits per heavy atom. The summed E-state index contributed by atoms with van der Waals surface area (Å²) in [5.74, 6) is -2.04. The van der Waals surface area contributed by atoms with Crippen LogP contribution in [0.15, 0.2) is 0 Å². The highest BCUT2D eigenvalue weighted by Crippen LogP contribution is 2.32. The van der Waals surface area contributed by atoms with E-state index in [1.54, 1.807) is 0 Å². The number of thioether (sulfide) groups is 1. The first-order valence-electron chi connectivity index (χ1n) is 6.43. The van der Waals surface area contributed by atoms with Gasteiger partial charge in [0.1, 0.15) is 5.25 Å². The average molecular weight is 288 g/mol. The lowest BCUT2D eigenvalue weighted by atomic mass is 10.0. The molecule has 0 aliphatic heterocycles. The number of hydrogen-bond donors (Lipinski definition) is 0. The van der Waals surface area contributed by atoms with Gasteiger partial charge in [-0.25, -0.2) is 4.79 Å². The molecule has 5 nitrogen and oxygen atoms in total. The van der Waals surface area contributed by atoms with E-state index >= 15 is 0 Å². The topological polar surface area (TPSA) is 69.7 Å². The van der Waals surface area contributed by atoms with Crippen molar-refractivity contribution in [2.24, 2.45) is 0 Å². The van der Waals surface area contributed by atoms with E-state index in [2.05, 4.69) is 4.74 Å². The van der Waals surface area contributed by atoms with Gasteiger partial charge >= 0.3 is 11.9 Å². The van der Waals surface area contributed by atoms with Crippen LogP contribution >= 0.6 is 11.8 Å². The Morgan fingerprint density at radius 1 is 1.11 bits per heavy atom. The number of ether oxygens (including phenoxy) is 2. The van der Waals surface area contributed by atoms with Crippen molar-refractivity contribution in [2.75, 3.05) is 14.2 Å². The van der Waals surface area contributed by atoms with Crippen LogP contribution in [0.5, 0.6) is 0 Å². The molecule has 0 radical (unpaired) electrons. The summed E-state index contributed by atoms with van der Waals surface area (Å²) in [4.78, 5) is 34.4. The van der Waals surface area contributed by atoms with Gasteiger partial charge in [-0.1, -0.05) is 19.3 Å². The molecular weight excluding hydrogens is 268 g/mol. The molecule has 0 amide bonds. The number of rotatable bonds is 6. The zero-order chi connectivity index (χ0) is 14.3. The van der Waals surface area contributed by atoms with Crippen molar-refractivity contribution in [1.29, 1.82) is 0 Å². The van der Waals surface area contributed by atoms with Gasteiger partial charge in [0.2, 0.25) is 5.78 Å². The molecule has 0 heterocycles. The van der Waals surface area contributed by atoms with Crippen molar-refractivity contribution in [1.82, 2.24) is 0 Å². The summed E-state index contributed by atoms with van der Waals surface area (Å²) >= 11 is 1.45. The molecule has 0 aromatic rings. The lowest BCUT2D eigenvalue weighted by molar-refractivity contribution is -0.152. The normalized spacial score (nSPS) is 17.6. The van der Waals surface area contributed by atoms with E-state index in [4.69, 9.17) is 4.74 Å². The molecule has 0 aromatic carbocycles. The first kappa shape index (κ1) is 16.0. The summed E-state index contributed by atoms with van der Waals surface area (Å²) in [6, 6.07) is 0. The van der Waals surface area contributed by atoms with Crippen molar-refractivity contribution in [2.45, 2.75) is 49.0 Å². The summed E-state index contributed by atoms with van der Waals surface area (Å²) in [6.45, 7) is 0. The molecule has 1 fully saturated rings. The zero-order valence-corrected chi connectivity index (χ0v) is 12.2. The molecule has 6 heteroatoms. The van der Waals surface area contributed by atoms with Crippen LogP contribution in [0, 0.1) is 0 Å². The second-order valence-corrected chi connectivity index (χ2v) is 6.03. The van der Waals surface area contributed by atoms with Crippen molar-refractivity contribution in [3.63, 3.8) is 0 Å². The number of methoxy groups -OCH3 is 2. The molecule has 108 valence electrons. The molecule has 0 bridgehead atoms. The number of carbonyl (C=O) groups excluding carboxylic acids is 3. The minimum atomic E-state index is -0.904. The van der Waals surface area contributed by atoms with Gasteiger partial charge in [0.25, 0.3) is 0 Å². The van der Waals surface area contributed by atoms with Gasteiger partial charge in [0.05, 0.1) is 14.2 Å². The van der Waals surface area contributed by atoms with Gasteiger partial charge in [-0.05, 0) is 12.8 Å². The fraction of sp³-hybridized carbons (Fsp3) is 0.769. The third-order valence-corrected chi connectivity index (χ3v) is 4.70. The van der Waals surface area contributed by atoms with Crippen LogP contribution in [-0.2, 0) is 23.9 Å². The highest BCUT2D eigenvalue weighted by Gasteiger charge is 2.30. The fourth-order valence-electron chi connectivity index (χ4n) is 2.12. The number of esters is 2. The van der Waals surface area contributed by atoms with Crippen molar-refractivity contribution in [3.8, 4) is 0 Å². The first-order chi connectivity index (χ1) is 9.08. The van der Waals surface area contributed by atoms with E-state index in [1.165, 1.54) is 25.3 Å². The molecule has 19 heavy (non-hydrogen) atoms. The monoisotopic (exact) mass is 288 g/mol. The smallest absolute Gasteiger partial charge is 0.374 e. The van der Waals surface area contributed by atoms with E-state index < -0.39 is 23.0 Å². The molecule has 1 atom stereocenters. The zero-order valence-electron chi connectivity index (χ0n) is 11.3. The van der Waals surface area contributed by atoms with Crippen LogP contribution in [-0.4, -0.2) is 42.4 Å². The Labute approximate surface area is 117 Å². The maximum atomic E-state index is 11.7. The van der Waals surface area contributed by atoms with Crippen molar-refractivity contribution < 1.29 is 23.9 Å². The maximum Gasteiger partial charge on any atom is 0.374 e. The molecule has 0 N–H and O–H groups in total. The summed E-state index contributed by atoms with van der Waals surface area (Å²) < 4.78 is 9.07. The standard InChI is InChI=1S/C13H20O5S/c1-17-12(15)10(14)8-11(13(16)18-2)19-9-6-4-3-5-7-9/h9,11H,3-8H2,1-2H3. The van der Waals surface area contributed by atoms with E-state index in [-0.39, 0.29) is 6.42 Å². The van der Waals surface area contributed by atoms with Gasteiger partial charge in [-0.15, -0.1) is 11.8 Å². The summed E-state index contributed by atoms with van der Waals surface area (Å²) in [5.41, 5.74) is 0. The largest absolute Gasteiger partial charge is 0.468 e. The van der Waals surface area contributed by atoms with Crippen LogP contribution in [0.25, 0.3) is 0 Å². The third-order valence-electron chi connectivity index (χ3n) is 3.16. The average Bonchev–Trinajstić information content (AvgIpc) is 2.45. The molecule has 0 spiro atoms. The highest BCUT2D eigenvalue weighted by molar-refractivity contribution is 8.01. The van der Waals surface area contributed by atoms with E-state index in [1.807, 2.05) is 0 Å². The molecule has 1 unspecified atom stereocenters. The lowest BCUT2D eigenvalue weighted by Crippen LogP contribution is -2.29. The van der Waals surface area contributed by atoms with Gasteiger partial charge in [-0.2, -0.15) is 0 Å². The number of Topliss-reactive ketones (excluding diaryl/α,β-unsaturated/α-hetero) is 1. The van der Waals surface area contributed by atoms with Crippen molar-refractivity contribution >= 4 is 29.5 Å². The molecule has 1 aliphatic rings. The highest BCUT2D eigenvalue weighted by atomic mass is 32.2. The predicted octanol–water partition coefficient (Wildman–Crippen LogP) is 1.73. The quantitative estimate of drug-likeness (QED) is 0.547. The minimum absolute atomic E-state index is 0.152. The second kappa shape index (κ2) is 8.19. The summed E-state index contributed by atoms with van der Waals surface area (Å²) in [6.07, 6.45) is 5.46. The van der Waals surface area contributed by atoms with Gasteiger partial charge < -0.3 is 9.47 Å². The molecule has 1 saturated carbocycles. The molecule has 1 rings (SSSR count). The van der Waals surface area contributed by atoms with Gasteiger partial charge in [0.15, 0.2) is 0 Å². The van der Waals surface area contributed by atoms with E-state index in [9.17, 15) is 14.4 Å². The maximum absolute atomic E-state index is 11.7. The SMILES string of the molecule is COC(=O)C(=O)CC(SC1CCCCC1)C(=O)OC.